The first-order chi connectivity index (χ1) is 19.7. The van der Waals surface area contributed by atoms with Crippen molar-refractivity contribution in [2.24, 2.45) is 5.92 Å². The molecule has 3 heterocycles. The van der Waals surface area contributed by atoms with E-state index in [4.69, 9.17) is 9.90 Å². The third-order valence-corrected chi connectivity index (χ3v) is 7.29. The monoisotopic (exact) mass is 558 g/mol. The van der Waals surface area contributed by atoms with Crippen molar-refractivity contribution in [1.82, 2.24) is 9.88 Å². The Labute approximate surface area is 238 Å². The van der Waals surface area contributed by atoms with Gasteiger partial charge in [-0.25, -0.2) is 4.98 Å². The zero-order valence-corrected chi connectivity index (χ0v) is 22.9. The molecular weight excluding hydrogens is 524 g/mol. The maximum absolute atomic E-state index is 13.7. The number of nitrogens with zero attached hydrogens (tertiary/aromatic N) is 3. The number of amides is 2. The Morgan fingerprint density at radius 2 is 1.56 bits per heavy atom. The number of hydrogen-bond acceptors (Lipinski definition) is 6. The number of nitrogens with one attached hydrogen (secondary N) is 1. The van der Waals surface area contributed by atoms with Gasteiger partial charge < -0.3 is 20.4 Å². The van der Waals surface area contributed by atoms with E-state index in [0.717, 1.165) is 37.7 Å². The van der Waals surface area contributed by atoms with Crippen LogP contribution < -0.4 is 10.2 Å². The van der Waals surface area contributed by atoms with E-state index in [2.05, 4.69) is 10.3 Å². The van der Waals surface area contributed by atoms with Crippen LogP contribution >= 0.6 is 0 Å². The van der Waals surface area contributed by atoms with Crippen molar-refractivity contribution in [1.29, 1.82) is 0 Å². The maximum atomic E-state index is 13.7. The Hall–Kier alpha value is -4.73. The molecule has 0 spiro atoms. The van der Waals surface area contributed by atoms with Crippen molar-refractivity contribution in [3.05, 3.63) is 89.6 Å². The number of carbonyl (C=O) groups is 4. The van der Waals surface area contributed by atoms with E-state index in [1.165, 1.54) is 4.90 Å². The number of rotatable bonds is 7. The fourth-order valence-electron chi connectivity index (χ4n) is 5.34. The molecule has 3 N–H and O–H groups in total. The number of aromatic nitrogens is 1. The van der Waals surface area contributed by atoms with Crippen LogP contribution in [0.15, 0.2) is 72.9 Å². The minimum absolute atomic E-state index is 0.0825. The zero-order valence-electron chi connectivity index (χ0n) is 22.9. The number of aliphatic carboxylic acids is 2. The van der Waals surface area contributed by atoms with E-state index in [-0.39, 0.29) is 24.8 Å². The van der Waals surface area contributed by atoms with E-state index < -0.39 is 17.9 Å². The van der Waals surface area contributed by atoms with Gasteiger partial charge in [-0.3, -0.25) is 24.1 Å². The quantitative estimate of drug-likeness (QED) is 0.394. The summed E-state index contributed by atoms with van der Waals surface area (Å²) in [6, 6.07) is 20.2. The molecule has 214 valence electrons. The fourth-order valence-corrected chi connectivity index (χ4v) is 5.34. The van der Waals surface area contributed by atoms with Gasteiger partial charge >= 0.3 is 5.97 Å². The summed E-state index contributed by atoms with van der Waals surface area (Å²) in [5.41, 5.74) is 2.46. The number of anilines is 2. The number of para-hydroxylation sites is 1. The predicted octanol–water partition coefficient (Wildman–Crippen LogP) is 4.09. The Bertz CT molecular complexity index is 1380. The Balaban J connectivity index is 0.000000909. The highest BCUT2D eigenvalue weighted by Gasteiger charge is 2.35. The van der Waals surface area contributed by atoms with Gasteiger partial charge in [0.15, 0.2) is 0 Å². The summed E-state index contributed by atoms with van der Waals surface area (Å²) >= 11 is 0. The molecule has 0 saturated carbocycles. The van der Waals surface area contributed by atoms with Crippen molar-refractivity contribution in [3.63, 3.8) is 0 Å². The van der Waals surface area contributed by atoms with E-state index in [1.807, 2.05) is 53.4 Å². The number of carbonyl (C=O) groups excluding carboxylic acids is 2. The molecule has 41 heavy (non-hydrogen) atoms. The van der Waals surface area contributed by atoms with Gasteiger partial charge in [0.25, 0.3) is 11.9 Å². The van der Waals surface area contributed by atoms with Gasteiger partial charge in [-0.15, -0.1) is 0 Å². The summed E-state index contributed by atoms with van der Waals surface area (Å²) in [6.07, 6.45) is 3.37. The van der Waals surface area contributed by atoms with E-state index in [9.17, 15) is 19.5 Å². The zero-order chi connectivity index (χ0) is 29.4. The highest BCUT2D eigenvalue weighted by molar-refractivity contribution is 6.11. The van der Waals surface area contributed by atoms with Crippen LogP contribution in [0.4, 0.5) is 11.5 Å². The number of fused-ring (bicyclic) bond motifs is 2. The number of carboxylic acid groups (broad SMARTS) is 2. The highest BCUT2D eigenvalue weighted by atomic mass is 16.4. The molecule has 0 bridgehead atoms. The highest BCUT2D eigenvalue weighted by Crippen LogP contribution is 2.40. The lowest BCUT2D eigenvalue weighted by atomic mass is 9.86. The van der Waals surface area contributed by atoms with Crippen LogP contribution in [-0.2, 0) is 14.4 Å². The van der Waals surface area contributed by atoms with Gasteiger partial charge in [-0.2, -0.15) is 0 Å². The van der Waals surface area contributed by atoms with Gasteiger partial charge in [-0.1, -0.05) is 42.5 Å². The Morgan fingerprint density at radius 3 is 2.22 bits per heavy atom. The van der Waals surface area contributed by atoms with Crippen molar-refractivity contribution in [3.8, 4) is 0 Å². The van der Waals surface area contributed by atoms with Crippen LogP contribution in [0.2, 0.25) is 0 Å². The standard InChI is InChI=1S/C29H30N4O4.C2H4O2/c34-27(32-15-12-20(13-16-32)18-31-26-11-5-6-14-30-26)19-33-25-10-4-3-8-22(25)24(17-28(35)36)21-7-1-2-9-23(21)29(33)37;1-2(3)4/h1-11,14,20,24H,12-13,15-19H2,(H,30,31)(H,35,36);1H3,(H,3,4). The van der Waals surface area contributed by atoms with Crippen LogP contribution in [0.25, 0.3) is 0 Å². The van der Waals surface area contributed by atoms with Crippen molar-refractivity contribution in [2.75, 3.05) is 36.4 Å². The van der Waals surface area contributed by atoms with E-state index >= 15 is 0 Å². The van der Waals surface area contributed by atoms with Gasteiger partial charge in [0.2, 0.25) is 5.91 Å². The summed E-state index contributed by atoms with van der Waals surface area (Å²) in [5, 5.41) is 20.4. The average molecular weight is 559 g/mol. The van der Waals surface area contributed by atoms with Crippen LogP contribution in [0.1, 0.15) is 53.6 Å². The number of pyridine rings is 1. The molecule has 2 aromatic carbocycles. The summed E-state index contributed by atoms with van der Waals surface area (Å²) in [4.78, 5) is 55.5. The first-order valence-corrected chi connectivity index (χ1v) is 13.6. The van der Waals surface area contributed by atoms with Crippen molar-refractivity contribution < 1.29 is 29.4 Å². The number of likely N-dealkylation sites (tertiary alicyclic amines) is 1. The van der Waals surface area contributed by atoms with Gasteiger partial charge in [0.1, 0.15) is 12.4 Å². The summed E-state index contributed by atoms with van der Waals surface area (Å²) in [7, 11) is 0. The molecular formula is C31H34N4O6. The molecule has 0 radical (unpaired) electrons. The Kier molecular flexibility index (Phi) is 9.68. The lowest BCUT2D eigenvalue weighted by Crippen LogP contribution is -2.46. The lowest BCUT2D eigenvalue weighted by Gasteiger charge is -2.34. The minimum Gasteiger partial charge on any atom is -0.481 e. The number of piperidine rings is 1. The van der Waals surface area contributed by atoms with Crippen molar-refractivity contribution >= 4 is 35.3 Å². The molecule has 10 nitrogen and oxygen atoms in total. The molecule has 3 aromatic rings. The fraction of sp³-hybridized carbons (Fsp3) is 0.323. The normalized spacial score (nSPS) is 16.4. The van der Waals surface area contributed by atoms with Crippen LogP contribution in [0, 0.1) is 5.92 Å². The third-order valence-electron chi connectivity index (χ3n) is 7.29. The smallest absolute Gasteiger partial charge is 0.304 e. The number of benzene rings is 2. The first kappa shape index (κ1) is 29.3. The van der Waals surface area contributed by atoms with Crippen LogP contribution in [0.5, 0.6) is 0 Å². The molecule has 2 aliphatic rings. The third kappa shape index (κ3) is 7.47. The lowest BCUT2D eigenvalue weighted by molar-refractivity contribution is -0.137. The molecule has 1 saturated heterocycles. The molecule has 1 aromatic heterocycles. The molecule has 5 rings (SSSR count). The molecule has 2 amide bonds. The van der Waals surface area contributed by atoms with Crippen molar-refractivity contribution in [2.45, 2.75) is 32.1 Å². The second-order valence-electron chi connectivity index (χ2n) is 10.1. The number of carboxylic acids is 2. The minimum atomic E-state index is -0.938. The molecule has 2 aliphatic heterocycles. The molecule has 1 unspecified atom stereocenters. The van der Waals surface area contributed by atoms with Gasteiger partial charge in [0.05, 0.1) is 6.42 Å². The van der Waals surface area contributed by atoms with Crippen LogP contribution in [-0.4, -0.2) is 70.0 Å². The molecule has 1 atom stereocenters. The SMILES string of the molecule is CC(=O)O.O=C(O)CC1c2ccccc2C(=O)N(CC(=O)N2CCC(CNc3ccccn3)CC2)c2ccccc21. The average Bonchev–Trinajstić information content (AvgIpc) is 3.06. The van der Waals surface area contributed by atoms with Crippen LogP contribution in [0.3, 0.4) is 0 Å². The van der Waals surface area contributed by atoms with E-state index in [1.54, 1.807) is 24.4 Å². The second kappa shape index (κ2) is 13.6. The number of hydrogen-bond donors (Lipinski definition) is 3. The van der Waals surface area contributed by atoms with Gasteiger partial charge in [0, 0.05) is 49.9 Å². The largest absolute Gasteiger partial charge is 0.481 e. The molecule has 0 aliphatic carbocycles. The predicted molar refractivity (Wildman–Crippen MR) is 154 cm³/mol. The maximum Gasteiger partial charge on any atom is 0.304 e. The van der Waals surface area contributed by atoms with E-state index in [0.29, 0.717) is 35.8 Å². The summed E-state index contributed by atoms with van der Waals surface area (Å²) in [6.45, 7) is 3.07. The second-order valence-corrected chi connectivity index (χ2v) is 10.1. The Morgan fingerprint density at radius 1 is 0.927 bits per heavy atom. The molecule has 1 fully saturated rings. The summed E-state index contributed by atoms with van der Waals surface area (Å²) < 4.78 is 0. The molecule has 10 heteroatoms. The summed E-state index contributed by atoms with van der Waals surface area (Å²) in [5.74, 6) is -1.34. The first-order valence-electron chi connectivity index (χ1n) is 13.6. The topological polar surface area (TPSA) is 140 Å². The van der Waals surface area contributed by atoms with Gasteiger partial charge in [-0.05, 0) is 54.2 Å².